The lowest BCUT2D eigenvalue weighted by atomic mass is 10.2. The van der Waals surface area contributed by atoms with Crippen LogP contribution in [0.1, 0.15) is 11.4 Å². The molecule has 0 saturated heterocycles. The number of imidazole rings is 1. The van der Waals surface area contributed by atoms with Crippen LogP contribution in [0, 0.1) is 0 Å². The van der Waals surface area contributed by atoms with Gasteiger partial charge in [-0.05, 0) is 29.8 Å². The number of urea groups is 1. The fourth-order valence-corrected chi connectivity index (χ4v) is 2.74. The first-order chi connectivity index (χ1) is 12.2. The van der Waals surface area contributed by atoms with E-state index >= 15 is 0 Å². The zero-order chi connectivity index (χ0) is 17.2. The number of rotatable bonds is 4. The average Bonchev–Trinajstić information content (AvgIpc) is 3.24. The van der Waals surface area contributed by atoms with Crippen molar-refractivity contribution in [1.82, 2.24) is 20.2 Å². The topological polar surface area (TPSA) is 79.5 Å². The third-order valence-electron chi connectivity index (χ3n) is 4.05. The molecule has 0 saturated carbocycles. The van der Waals surface area contributed by atoms with Crippen LogP contribution in [0.25, 0.3) is 11.0 Å². The average molecular weight is 338 g/mol. The van der Waals surface area contributed by atoms with Gasteiger partial charge in [0.1, 0.15) is 5.82 Å². The zero-order valence-corrected chi connectivity index (χ0v) is 13.8. The summed E-state index contributed by atoms with van der Waals surface area (Å²) >= 11 is 0. The largest absolute Gasteiger partial charge is 0.454 e. The monoisotopic (exact) mass is 338 g/mol. The van der Waals surface area contributed by atoms with Crippen LogP contribution in [0.4, 0.5) is 4.79 Å². The van der Waals surface area contributed by atoms with Gasteiger partial charge in [0.15, 0.2) is 11.5 Å². The molecule has 25 heavy (non-hydrogen) atoms. The summed E-state index contributed by atoms with van der Waals surface area (Å²) in [5, 5.41) is 2.89. The molecule has 0 radical (unpaired) electrons. The summed E-state index contributed by atoms with van der Waals surface area (Å²) in [5.74, 6) is 2.20. The molecule has 0 aliphatic carbocycles. The Morgan fingerprint density at radius 3 is 2.96 bits per heavy atom. The van der Waals surface area contributed by atoms with E-state index in [1.54, 1.807) is 11.9 Å². The van der Waals surface area contributed by atoms with E-state index in [2.05, 4.69) is 15.3 Å². The van der Waals surface area contributed by atoms with Crippen molar-refractivity contribution in [1.29, 1.82) is 0 Å². The maximum atomic E-state index is 12.3. The van der Waals surface area contributed by atoms with Gasteiger partial charge in [-0.3, -0.25) is 0 Å². The van der Waals surface area contributed by atoms with E-state index in [0.717, 1.165) is 28.2 Å². The van der Waals surface area contributed by atoms with Crippen molar-refractivity contribution in [2.45, 2.75) is 13.1 Å². The van der Waals surface area contributed by atoms with Gasteiger partial charge >= 0.3 is 6.03 Å². The highest BCUT2D eigenvalue weighted by molar-refractivity contribution is 5.76. The molecule has 1 aliphatic rings. The van der Waals surface area contributed by atoms with E-state index in [9.17, 15) is 4.79 Å². The van der Waals surface area contributed by atoms with Crippen LogP contribution in [0.3, 0.4) is 0 Å². The molecule has 1 aromatic heterocycles. The molecule has 2 N–H and O–H groups in total. The molecule has 1 aliphatic heterocycles. The van der Waals surface area contributed by atoms with Crippen LogP contribution in [0.2, 0.25) is 0 Å². The van der Waals surface area contributed by atoms with Gasteiger partial charge in [0.05, 0.1) is 17.6 Å². The molecule has 2 heterocycles. The van der Waals surface area contributed by atoms with Crippen molar-refractivity contribution < 1.29 is 14.3 Å². The Bertz CT molecular complexity index is 889. The van der Waals surface area contributed by atoms with Gasteiger partial charge in [0.25, 0.3) is 0 Å². The van der Waals surface area contributed by atoms with Crippen LogP contribution >= 0.6 is 0 Å². The molecule has 3 aromatic rings. The van der Waals surface area contributed by atoms with Crippen LogP contribution in [-0.2, 0) is 13.1 Å². The second kappa shape index (κ2) is 6.35. The van der Waals surface area contributed by atoms with Crippen molar-refractivity contribution in [2.75, 3.05) is 13.8 Å². The van der Waals surface area contributed by atoms with Crippen LogP contribution in [-0.4, -0.2) is 34.7 Å². The standard InChI is InChI=1S/C18H18N4O3/c1-22(10-17-20-13-4-2-3-5-14(13)21-17)18(23)19-9-12-6-7-15-16(8-12)25-11-24-15/h2-8H,9-11H2,1H3,(H,19,23)(H,20,21). The van der Waals surface area contributed by atoms with E-state index in [1.165, 1.54) is 0 Å². The zero-order valence-electron chi connectivity index (χ0n) is 13.8. The molecule has 0 atom stereocenters. The summed E-state index contributed by atoms with van der Waals surface area (Å²) < 4.78 is 10.6. The number of hydrogen-bond donors (Lipinski definition) is 2. The molecule has 2 aromatic carbocycles. The highest BCUT2D eigenvalue weighted by Gasteiger charge is 2.15. The Balaban J connectivity index is 1.35. The fourth-order valence-electron chi connectivity index (χ4n) is 2.74. The Hall–Kier alpha value is -3.22. The first-order valence-electron chi connectivity index (χ1n) is 8.00. The first kappa shape index (κ1) is 15.3. The number of nitrogens with zero attached hydrogens (tertiary/aromatic N) is 2. The number of aromatic amines is 1. The lowest BCUT2D eigenvalue weighted by Gasteiger charge is -2.16. The van der Waals surface area contributed by atoms with Gasteiger partial charge in [0, 0.05) is 13.6 Å². The highest BCUT2D eigenvalue weighted by Crippen LogP contribution is 2.32. The molecule has 0 spiro atoms. The normalized spacial score (nSPS) is 12.4. The van der Waals surface area contributed by atoms with Gasteiger partial charge in [-0.25, -0.2) is 9.78 Å². The maximum absolute atomic E-state index is 12.3. The Morgan fingerprint density at radius 1 is 1.24 bits per heavy atom. The summed E-state index contributed by atoms with van der Waals surface area (Å²) in [6, 6.07) is 13.3. The van der Waals surface area contributed by atoms with Crippen molar-refractivity contribution in [3.8, 4) is 11.5 Å². The van der Waals surface area contributed by atoms with Crippen LogP contribution < -0.4 is 14.8 Å². The number of fused-ring (bicyclic) bond motifs is 2. The molecule has 0 unspecified atom stereocenters. The minimum absolute atomic E-state index is 0.168. The molecule has 0 bridgehead atoms. The molecule has 2 amide bonds. The van der Waals surface area contributed by atoms with Gasteiger partial charge in [-0.15, -0.1) is 0 Å². The number of amides is 2. The smallest absolute Gasteiger partial charge is 0.317 e. The highest BCUT2D eigenvalue weighted by atomic mass is 16.7. The maximum Gasteiger partial charge on any atom is 0.317 e. The van der Waals surface area contributed by atoms with Crippen molar-refractivity contribution in [3.63, 3.8) is 0 Å². The number of hydrogen-bond acceptors (Lipinski definition) is 4. The van der Waals surface area contributed by atoms with Gasteiger partial charge in [-0.1, -0.05) is 18.2 Å². The molecule has 7 heteroatoms. The number of carbonyl (C=O) groups excluding carboxylic acids is 1. The third kappa shape index (κ3) is 3.21. The Labute approximate surface area is 144 Å². The summed E-state index contributed by atoms with van der Waals surface area (Å²) in [7, 11) is 1.74. The number of nitrogens with one attached hydrogen (secondary N) is 2. The molecular formula is C18H18N4O3. The van der Waals surface area contributed by atoms with Crippen LogP contribution in [0.15, 0.2) is 42.5 Å². The summed E-state index contributed by atoms with van der Waals surface area (Å²) in [6.07, 6.45) is 0. The molecular weight excluding hydrogens is 320 g/mol. The number of carbonyl (C=O) groups is 1. The second-order valence-corrected chi connectivity index (χ2v) is 5.90. The van der Waals surface area contributed by atoms with Gasteiger partial charge in [0.2, 0.25) is 6.79 Å². The van der Waals surface area contributed by atoms with E-state index < -0.39 is 0 Å². The number of para-hydroxylation sites is 2. The minimum Gasteiger partial charge on any atom is -0.454 e. The Kier molecular flexibility index (Phi) is 3.89. The second-order valence-electron chi connectivity index (χ2n) is 5.90. The van der Waals surface area contributed by atoms with Gasteiger partial charge < -0.3 is 24.7 Å². The van der Waals surface area contributed by atoms with Crippen molar-refractivity contribution in [2.24, 2.45) is 0 Å². The molecule has 0 fully saturated rings. The quantitative estimate of drug-likeness (QED) is 0.766. The molecule has 7 nitrogen and oxygen atoms in total. The lowest BCUT2D eigenvalue weighted by Crippen LogP contribution is -2.36. The van der Waals surface area contributed by atoms with Crippen LogP contribution in [0.5, 0.6) is 11.5 Å². The van der Waals surface area contributed by atoms with E-state index in [4.69, 9.17) is 9.47 Å². The summed E-state index contributed by atoms with van der Waals surface area (Å²) in [6.45, 7) is 1.06. The third-order valence-corrected chi connectivity index (χ3v) is 4.05. The van der Waals surface area contributed by atoms with Crippen molar-refractivity contribution >= 4 is 17.1 Å². The van der Waals surface area contributed by atoms with Crippen molar-refractivity contribution in [3.05, 3.63) is 53.9 Å². The predicted molar refractivity (Wildman–Crippen MR) is 92.4 cm³/mol. The molecule has 4 rings (SSSR count). The van der Waals surface area contributed by atoms with E-state index in [1.807, 2.05) is 42.5 Å². The SMILES string of the molecule is CN(Cc1nc2ccccc2[nH]1)C(=O)NCc1ccc2c(c1)OCO2. The number of H-pyrrole nitrogens is 1. The first-order valence-corrected chi connectivity index (χ1v) is 8.00. The van der Waals surface area contributed by atoms with Gasteiger partial charge in [-0.2, -0.15) is 0 Å². The number of aromatic nitrogens is 2. The van der Waals surface area contributed by atoms with E-state index in [0.29, 0.717) is 18.8 Å². The summed E-state index contributed by atoms with van der Waals surface area (Å²) in [5.41, 5.74) is 2.81. The number of benzene rings is 2. The lowest BCUT2D eigenvalue weighted by molar-refractivity contribution is 0.174. The fraction of sp³-hybridized carbons (Fsp3) is 0.222. The molecule has 128 valence electrons. The summed E-state index contributed by atoms with van der Waals surface area (Å²) in [4.78, 5) is 21.6. The minimum atomic E-state index is -0.168. The predicted octanol–water partition coefficient (Wildman–Crippen LogP) is 2.63. The Morgan fingerprint density at radius 2 is 2.08 bits per heavy atom. The number of ether oxygens (including phenoxy) is 2. The van der Waals surface area contributed by atoms with E-state index in [-0.39, 0.29) is 12.8 Å².